The molecule has 0 spiro atoms. The van der Waals surface area contributed by atoms with Crippen molar-refractivity contribution in [3.05, 3.63) is 135 Å². The summed E-state index contributed by atoms with van der Waals surface area (Å²) in [5.74, 6) is -0.0210. The van der Waals surface area contributed by atoms with Crippen LogP contribution in [-0.4, -0.2) is 21.1 Å². The number of nitro benzene ring substituents is 1. The molecule has 0 unspecified atom stereocenters. The van der Waals surface area contributed by atoms with Gasteiger partial charge in [-0.25, -0.2) is 0 Å². The Morgan fingerprint density at radius 3 is 2.19 bits per heavy atom. The molecule has 4 aromatic rings. The molecule has 9 heteroatoms. The van der Waals surface area contributed by atoms with E-state index in [9.17, 15) is 14.9 Å². The maximum Gasteiger partial charge on any atom is 0.284 e. The van der Waals surface area contributed by atoms with Gasteiger partial charge in [0.1, 0.15) is 10.1 Å². The van der Waals surface area contributed by atoms with Crippen molar-refractivity contribution in [3.8, 4) is 0 Å². The predicted octanol–water partition coefficient (Wildman–Crippen LogP) is 7.86. The Labute approximate surface area is 227 Å². The van der Waals surface area contributed by atoms with Crippen LogP contribution in [0.2, 0.25) is 5.02 Å². The lowest BCUT2D eigenvalue weighted by Crippen LogP contribution is -2.33. The Morgan fingerprint density at radius 2 is 1.51 bits per heavy atom. The normalized spacial score (nSPS) is 18.2. The van der Waals surface area contributed by atoms with Crippen LogP contribution in [0.15, 0.2) is 118 Å². The molecule has 184 valence electrons. The minimum absolute atomic E-state index is 0.0164. The van der Waals surface area contributed by atoms with E-state index >= 15 is 0 Å². The maximum absolute atomic E-state index is 13.8. The molecule has 2 atom stereocenters. The molecule has 0 radical (unpaired) electrons. The number of carbonyl (C=O) groups excluding carboxylic acids is 1. The second-order valence-corrected chi connectivity index (χ2v) is 10.5. The van der Waals surface area contributed by atoms with Crippen molar-refractivity contribution in [2.75, 3.05) is 4.90 Å². The number of nitrogens with zero attached hydrogens (tertiary/aromatic N) is 3. The monoisotopic (exact) mass is 545 g/mol. The van der Waals surface area contributed by atoms with E-state index in [1.807, 2.05) is 89.8 Å². The first kappa shape index (κ1) is 25.1. The molecule has 1 heterocycles. The van der Waals surface area contributed by atoms with Gasteiger partial charge in [-0.15, -0.1) is 0 Å². The van der Waals surface area contributed by atoms with Crippen molar-refractivity contribution in [1.82, 2.24) is 0 Å². The van der Waals surface area contributed by atoms with Gasteiger partial charge in [0, 0.05) is 34.3 Å². The molecule has 37 heavy (non-hydrogen) atoms. The number of thioether (sulfide) groups is 1. The highest BCUT2D eigenvalue weighted by Gasteiger charge is 2.45. The largest absolute Gasteiger partial charge is 0.311 e. The van der Waals surface area contributed by atoms with Gasteiger partial charge in [-0.1, -0.05) is 96.2 Å². The second-order valence-electron chi connectivity index (χ2n) is 8.16. The molecular formula is C28H20ClN3O3S2. The average molecular weight is 546 g/mol. The van der Waals surface area contributed by atoms with Crippen LogP contribution in [0.4, 0.5) is 11.4 Å². The van der Waals surface area contributed by atoms with E-state index in [1.54, 1.807) is 18.2 Å². The van der Waals surface area contributed by atoms with Crippen LogP contribution in [0.5, 0.6) is 0 Å². The van der Waals surface area contributed by atoms with Crippen LogP contribution in [-0.2, 0) is 0 Å². The van der Waals surface area contributed by atoms with Gasteiger partial charge >= 0.3 is 0 Å². The minimum atomic E-state index is -0.506. The lowest BCUT2D eigenvalue weighted by atomic mass is 9.96. The van der Waals surface area contributed by atoms with E-state index in [4.69, 9.17) is 16.0 Å². The molecule has 1 fully saturated rings. The van der Waals surface area contributed by atoms with Crippen LogP contribution in [0.1, 0.15) is 22.0 Å². The van der Waals surface area contributed by atoms with Gasteiger partial charge < -0.3 is 4.90 Å². The number of anilines is 1. The van der Waals surface area contributed by atoms with E-state index in [1.165, 1.54) is 17.8 Å². The number of rotatable bonds is 7. The summed E-state index contributed by atoms with van der Waals surface area (Å²) in [7, 11) is 0. The Kier molecular flexibility index (Phi) is 7.60. The van der Waals surface area contributed by atoms with Crippen LogP contribution in [0.25, 0.3) is 0 Å². The summed E-state index contributed by atoms with van der Waals surface area (Å²) in [6.45, 7) is 0. The molecule has 0 saturated carbocycles. The zero-order valence-electron chi connectivity index (χ0n) is 19.3. The zero-order valence-corrected chi connectivity index (χ0v) is 21.7. The molecular weight excluding hydrogens is 526 g/mol. The quantitative estimate of drug-likeness (QED) is 0.102. The first-order chi connectivity index (χ1) is 18.0. The van der Waals surface area contributed by atoms with Crippen molar-refractivity contribution in [2.24, 2.45) is 4.40 Å². The van der Waals surface area contributed by atoms with Gasteiger partial charge in [-0.3, -0.25) is 14.9 Å². The third-order valence-corrected chi connectivity index (χ3v) is 8.25. The molecule has 1 saturated heterocycles. The zero-order chi connectivity index (χ0) is 25.8. The highest BCUT2D eigenvalue weighted by molar-refractivity contribution is 8.16. The number of benzene rings is 4. The summed E-state index contributed by atoms with van der Waals surface area (Å²) in [6.07, 6.45) is 0. The molecule has 4 aromatic carbocycles. The fourth-order valence-corrected chi connectivity index (χ4v) is 6.40. The number of para-hydroxylation sites is 2. The molecule has 1 aliphatic heterocycles. The molecule has 6 nitrogen and oxygen atoms in total. The van der Waals surface area contributed by atoms with Gasteiger partial charge in [0.2, 0.25) is 0 Å². The van der Waals surface area contributed by atoms with Crippen molar-refractivity contribution >= 4 is 57.6 Å². The van der Waals surface area contributed by atoms with Crippen molar-refractivity contribution in [1.29, 1.82) is 0 Å². The van der Waals surface area contributed by atoms with Crippen LogP contribution in [0.3, 0.4) is 0 Å². The molecule has 0 amide bonds. The van der Waals surface area contributed by atoms with Gasteiger partial charge in [-0.2, -0.15) is 4.40 Å². The SMILES string of the molecule is O=C(c1ccccc1)[C@@H]1S/C(=N/Sc2ccccc2[N+](=O)[O-])N(c2ccccc2)[C@H]1c1ccc(Cl)cc1. The number of carbonyl (C=O) groups is 1. The van der Waals surface area contributed by atoms with Gasteiger partial charge in [0.25, 0.3) is 5.69 Å². The van der Waals surface area contributed by atoms with E-state index in [0.29, 0.717) is 20.6 Å². The summed E-state index contributed by atoms with van der Waals surface area (Å²) in [4.78, 5) is 27.4. The van der Waals surface area contributed by atoms with E-state index in [-0.39, 0.29) is 17.5 Å². The first-order valence-corrected chi connectivity index (χ1v) is 13.4. The highest BCUT2D eigenvalue weighted by Crippen LogP contribution is 2.47. The number of nitro groups is 1. The van der Waals surface area contributed by atoms with Gasteiger partial charge in [0.05, 0.1) is 11.0 Å². The third kappa shape index (κ3) is 5.41. The Bertz CT molecular complexity index is 1450. The Hall–Kier alpha value is -3.59. The molecule has 0 aromatic heterocycles. The van der Waals surface area contributed by atoms with Crippen molar-refractivity contribution in [3.63, 3.8) is 0 Å². The Balaban J connectivity index is 1.62. The predicted molar refractivity (Wildman–Crippen MR) is 152 cm³/mol. The number of Topliss-reactive ketones (excluding diaryl/α,β-unsaturated/α-hetero) is 1. The number of ketones is 1. The summed E-state index contributed by atoms with van der Waals surface area (Å²) in [5.41, 5.74) is 2.37. The Morgan fingerprint density at radius 1 is 0.892 bits per heavy atom. The van der Waals surface area contributed by atoms with E-state index in [0.717, 1.165) is 23.2 Å². The fraction of sp³-hybridized carbons (Fsp3) is 0.0714. The summed E-state index contributed by atoms with van der Waals surface area (Å²) >= 11 is 8.58. The number of halogens is 1. The first-order valence-electron chi connectivity index (χ1n) is 11.4. The number of hydrogen-bond donors (Lipinski definition) is 0. The summed E-state index contributed by atoms with van der Waals surface area (Å²) < 4.78 is 4.75. The molecule has 5 rings (SSSR count). The van der Waals surface area contributed by atoms with Crippen LogP contribution >= 0.6 is 35.3 Å². The van der Waals surface area contributed by atoms with E-state index < -0.39 is 10.2 Å². The molecule has 0 bridgehead atoms. The fourth-order valence-electron chi connectivity index (χ4n) is 4.14. The van der Waals surface area contributed by atoms with Gasteiger partial charge in [-0.05, 0) is 35.9 Å². The smallest absolute Gasteiger partial charge is 0.284 e. The highest BCUT2D eigenvalue weighted by atomic mass is 35.5. The minimum Gasteiger partial charge on any atom is -0.311 e. The number of amidine groups is 1. The lowest BCUT2D eigenvalue weighted by Gasteiger charge is -2.28. The summed E-state index contributed by atoms with van der Waals surface area (Å²) in [6, 6.07) is 32.5. The van der Waals surface area contributed by atoms with Crippen molar-refractivity contribution in [2.45, 2.75) is 16.2 Å². The van der Waals surface area contributed by atoms with Gasteiger partial charge in [0.15, 0.2) is 11.0 Å². The topological polar surface area (TPSA) is 75.8 Å². The molecule has 0 aliphatic carbocycles. The molecule has 0 N–H and O–H groups in total. The standard InChI is InChI=1S/C28H20ClN3O3S2/c29-21-17-15-19(16-18-21)25-27(26(33)20-9-3-1-4-10-20)36-28(31(25)22-11-5-2-6-12-22)30-37-24-14-8-7-13-23(24)32(34)35/h1-18,25,27H/b30-28+/t25-,27+/m0/s1. The second kappa shape index (κ2) is 11.2. The van der Waals surface area contributed by atoms with Crippen LogP contribution in [0, 0.1) is 10.1 Å². The third-order valence-electron chi connectivity index (χ3n) is 5.85. The lowest BCUT2D eigenvalue weighted by molar-refractivity contribution is -0.387. The number of hydrogen-bond acceptors (Lipinski definition) is 6. The summed E-state index contributed by atoms with van der Waals surface area (Å²) in [5, 5.41) is 12.2. The maximum atomic E-state index is 13.8. The van der Waals surface area contributed by atoms with Crippen LogP contribution < -0.4 is 4.90 Å². The van der Waals surface area contributed by atoms with E-state index in [2.05, 4.69) is 0 Å². The average Bonchev–Trinajstić information content (AvgIpc) is 3.32. The van der Waals surface area contributed by atoms with Crippen molar-refractivity contribution < 1.29 is 9.72 Å². The molecule has 1 aliphatic rings.